The predicted molar refractivity (Wildman–Crippen MR) is 102 cm³/mol. The van der Waals surface area contributed by atoms with Gasteiger partial charge in [0, 0.05) is 16.0 Å². The van der Waals surface area contributed by atoms with E-state index < -0.39 is 0 Å². The van der Waals surface area contributed by atoms with Crippen LogP contribution in [0.3, 0.4) is 0 Å². The molecule has 6 aliphatic rings. The molecular formula is C19H21ClN4S. The Kier molecular flexibility index (Phi) is 3.10. The highest BCUT2D eigenvalue weighted by Crippen LogP contribution is 2.58. The van der Waals surface area contributed by atoms with E-state index in [9.17, 15) is 0 Å². The van der Waals surface area contributed by atoms with Gasteiger partial charge in [-0.1, -0.05) is 35.5 Å². The molecule has 4 saturated carbocycles. The molecule has 0 saturated heterocycles. The first-order valence-electron chi connectivity index (χ1n) is 9.27. The van der Waals surface area contributed by atoms with Crippen molar-refractivity contribution in [3.63, 3.8) is 0 Å². The average molecular weight is 373 g/mol. The molecule has 4 bridgehead atoms. The van der Waals surface area contributed by atoms with Crippen LogP contribution in [0.1, 0.15) is 37.7 Å². The van der Waals surface area contributed by atoms with Gasteiger partial charge >= 0.3 is 0 Å². The third-order valence-corrected chi connectivity index (χ3v) is 7.99. The summed E-state index contributed by atoms with van der Waals surface area (Å²) in [6, 6.07) is 8.09. The van der Waals surface area contributed by atoms with Crippen molar-refractivity contribution in [3.05, 3.63) is 40.3 Å². The number of nitrogens with one attached hydrogen (secondary N) is 2. The van der Waals surface area contributed by atoms with Gasteiger partial charge < -0.3 is 0 Å². The van der Waals surface area contributed by atoms with Crippen LogP contribution in [0, 0.1) is 23.7 Å². The summed E-state index contributed by atoms with van der Waals surface area (Å²) in [6.45, 7) is 0. The second kappa shape index (κ2) is 5.18. The van der Waals surface area contributed by atoms with Crippen LogP contribution in [0.5, 0.6) is 0 Å². The normalized spacial score (nSPS) is 40.8. The minimum Gasteiger partial charge on any atom is -0.285 e. The van der Waals surface area contributed by atoms with E-state index in [2.05, 4.69) is 33.4 Å². The maximum absolute atomic E-state index is 6.07. The lowest BCUT2D eigenvalue weighted by Crippen LogP contribution is -2.75. The average Bonchev–Trinajstić information content (AvgIpc) is 3.03. The number of thioether (sulfide) groups is 1. The largest absolute Gasteiger partial charge is 0.285 e. The van der Waals surface area contributed by atoms with Crippen LogP contribution >= 0.6 is 23.4 Å². The molecule has 25 heavy (non-hydrogen) atoms. The summed E-state index contributed by atoms with van der Waals surface area (Å²) in [6.07, 6.45) is 6.85. The van der Waals surface area contributed by atoms with Crippen LogP contribution in [0.2, 0.25) is 5.02 Å². The number of hydrogen-bond donors (Lipinski definition) is 2. The van der Waals surface area contributed by atoms with Crippen molar-refractivity contribution in [3.8, 4) is 0 Å². The van der Waals surface area contributed by atoms with E-state index in [0.717, 1.165) is 22.0 Å². The topological polar surface area (TPSA) is 39.7 Å². The van der Waals surface area contributed by atoms with E-state index in [-0.39, 0.29) is 5.66 Å². The van der Waals surface area contributed by atoms with E-state index in [1.807, 2.05) is 12.1 Å². The van der Waals surface area contributed by atoms with Crippen LogP contribution in [0.15, 0.2) is 34.8 Å². The van der Waals surface area contributed by atoms with Crippen molar-refractivity contribution in [2.24, 2.45) is 28.8 Å². The molecule has 0 aromatic heterocycles. The van der Waals surface area contributed by atoms with Crippen LogP contribution < -0.4 is 10.9 Å². The van der Waals surface area contributed by atoms with E-state index in [1.54, 1.807) is 11.8 Å². The summed E-state index contributed by atoms with van der Waals surface area (Å²) in [5.74, 6) is 3.26. The number of fused-ring (bicyclic) bond motifs is 1. The zero-order valence-electron chi connectivity index (χ0n) is 13.9. The molecule has 130 valence electrons. The van der Waals surface area contributed by atoms with Gasteiger partial charge in [-0.25, -0.2) is 10.4 Å². The Morgan fingerprint density at radius 2 is 1.72 bits per heavy atom. The molecule has 4 nitrogen and oxygen atoms in total. The van der Waals surface area contributed by atoms with Gasteiger partial charge in [0.1, 0.15) is 5.66 Å². The first kappa shape index (κ1) is 14.9. The predicted octanol–water partition coefficient (Wildman–Crippen LogP) is 4.22. The second-order valence-corrected chi connectivity index (χ2v) is 9.53. The Hall–Kier alpha value is -1.17. The molecular weight excluding hydrogens is 352 g/mol. The lowest BCUT2D eigenvalue weighted by molar-refractivity contribution is -0.110. The number of halogens is 1. The van der Waals surface area contributed by atoms with Gasteiger partial charge in [-0.15, -0.1) is 0 Å². The highest BCUT2D eigenvalue weighted by atomic mass is 35.5. The Balaban J connectivity index is 1.35. The number of hydrazine groups is 1. The van der Waals surface area contributed by atoms with Gasteiger partial charge in [-0.05, 0) is 67.9 Å². The number of nitrogens with zero attached hydrogens (tertiary/aromatic N) is 2. The lowest BCUT2D eigenvalue weighted by Gasteiger charge is -2.62. The zero-order chi connectivity index (χ0) is 16.6. The van der Waals surface area contributed by atoms with E-state index in [4.69, 9.17) is 16.7 Å². The Morgan fingerprint density at radius 1 is 1.04 bits per heavy atom. The van der Waals surface area contributed by atoms with Gasteiger partial charge in [0.15, 0.2) is 0 Å². The summed E-state index contributed by atoms with van der Waals surface area (Å²) >= 11 is 7.74. The van der Waals surface area contributed by atoms with E-state index in [1.165, 1.54) is 43.4 Å². The molecule has 2 aliphatic heterocycles. The highest BCUT2D eigenvalue weighted by Gasteiger charge is 2.59. The molecule has 0 atom stereocenters. The van der Waals surface area contributed by atoms with Crippen LogP contribution in [-0.4, -0.2) is 15.8 Å². The number of benzene rings is 1. The molecule has 1 aromatic rings. The summed E-state index contributed by atoms with van der Waals surface area (Å²) < 4.78 is 0. The summed E-state index contributed by atoms with van der Waals surface area (Å²) in [7, 11) is 0. The van der Waals surface area contributed by atoms with Gasteiger partial charge in [0.25, 0.3) is 0 Å². The number of rotatable bonds is 1. The fraction of sp³-hybridized carbons (Fsp3) is 0.526. The van der Waals surface area contributed by atoms with Crippen molar-refractivity contribution in [1.29, 1.82) is 0 Å². The summed E-state index contributed by atoms with van der Waals surface area (Å²) in [5, 5.41) is 11.0. The zero-order valence-corrected chi connectivity index (χ0v) is 15.5. The number of amidine groups is 1. The number of hydrogen-bond acceptors (Lipinski definition) is 5. The Morgan fingerprint density at radius 3 is 2.40 bits per heavy atom. The van der Waals surface area contributed by atoms with Crippen LogP contribution in [0.25, 0.3) is 5.70 Å². The second-order valence-electron chi connectivity index (χ2n) is 8.25. The molecule has 2 heterocycles. The molecule has 6 heteroatoms. The summed E-state index contributed by atoms with van der Waals surface area (Å²) in [5.41, 5.74) is 9.79. The molecule has 0 amide bonds. The van der Waals surface area contributed by atoms with Gasteiger partial charge in [-0.3, -0.25) is 5.43 Å². The van der Waals surface area contributed by atoms with Gasteiger partial charge in [0.2, 0.25) is 5.17 Å². The Labute approximate surface area is 157 Å². The Bertz CT molecular complexity index is 759. The van der Waals surface area contributed by atoms with Crippen LogP contribution in [0.4, 0.5) is 0 Å². The third kappa shape index (κ3) is 2.09. The molecule has 4 aliphatic carbocycles. The lowest BCUT2D eigenvalue weighted by atomic mass is 9.51. The number of hydrazone groups is 1. The molecule has 0 radical (unpaired) electrons. The van der Waals surface area contributed by atoms with Crippen molar-refractivity contribution < 1.29 is 0 Å². The van der Waals surface area contributed by atoms with E-state index >= 15 is 0 Å². The maximum atomic E-state index is 6.07. The molecule has 7 rings (SSSR count). The third-order valence-electron chi connectivity index (χ3n) is 6.91. The quantitative estimate of drug-likeness (QED) is 0.774. The first-order valence-corrected chi connectivity index (χ1v) is 10.5. The molecule has 0 unspecified atom stereocenters. The molecule has 1 spiro atoms. The molecule has 4 fully saturated rings. The van der Waals surface area contributed by atoms with E-state index in [0.29, 0.717) is 11.8 Å². The fourth-order valence-corrected chi connectivity index (χ4v) is 6.89. The standard InChI is InChI=1S/C19H21ClN4S/c20-16-3-1-13(2-4-16)17-10-25-18-21-22-19(23-24(17)18)14-6-11-5-12(8-14)9-15(19)7-11/h1-4,10-12,14-15,22-23H,5-9H2. The maximum Gasteiger partial charge on any atom is 0.206 e. The van der Waals surface area contributed by atoms with Crippen molar-refractivity contribution >= 4 is 34.2 Å². The highest BCUT2D eigenvalue weighted by molar-refractivity contribution is 8.16. The minimum atomic E-state index is -0.0622. The first-order chi connectivity index (χ1) is 12.2. The van der Waals surface area contributed by atoms with Gasteiger partial charge in [-0.2, -0.15) is 5.10 Å². The molecule has 2 N–H and O–H groups in total. The van der Waals surface area contributed by atoms with Crippen molar-refractivity contribution in [2.75, 3.05) is 0 Å². The summed E-state index contributed by atoms with van der Waals surface area (Å²) in [4.78, 5) is 0. The smallest absolute Gasteiger partial charge is 0.206 e. The molecule has 1 aromatic carbocycles. The van der Waals surface area contributed by atoms with Crippen molar-refractivity contribution in [2.45, 2.75) is 37.8 Å². The minimum absolute atomic E-state index is 0.0622. The monoisotopic (exact) mass is 372 g/mol. The van der Waals surface area contributed by atoms with Crippen LogP contribution in [-0.2, 0) is 0 Å². The van der Waals surface area contributed by atoms with Crippen molar-refractivity contribution in [1.82, 2.24) is 15.9 Å². The fourth-order valence-electron chi connectivity index (χ4n) is 5.96. The SMILES string of the molecule is Clc1ccc(C2=CSC3=NNC4(NN23)C2CC3CC(C2)CC4C3)cc1. The van der Waals surface area contributed by atoms with Gasteiger partial charge in [0.05, 0.1) is 5.70 Å².